The summed E-state index contributed by atoms with van der Waals surface area (Å²) in [6.45, 7) is 3.62. The van der Waals surface area contributed by atoms with Crippen molar-refractivity contribution in [1.82, 2.24) is 19.7 Å². The first-order valence-corrected chi connectivity index (χ1v) is 6.89. The number of nitrogens with zero attached hydrogens (tertiary/aromatic N) is 4. The van der Waals surface area contributed by atoms with Gasteiger partial charge in [-0.1, -0.05) is 0 Å². The number of anilines is 1. The number of rotatable bonds is 3. The molecule has 3 rings (SSSR count). The number of hydrogen-bond donors (Lipinski definition) is 1. The summed E-state index contributed by atoms with van der Waals surface area (Å²) in [7, 11) is 1.90. The zero-order valence-corrected chi connectivity index (χ0v) is 11.8. The minimum absolute atomic E-state index is 0.396. The second-order valence-corrected chi connectivity index (χ2v) is 5.16. The molecule has 0 saturated carbocycles. The van der Waals surface area contributed by atoms with Crippen molar-refractivity contribution >= 4 is 5.95 Å². The third-order valence-electron chi connectivity index (χ3n) is 3.50. The van der Waals surface area contributed by atoms with Crippen LogP contribution in [-0.4, -0.2) is 39.0 Å². The van der Waals surface area contributed by atoms with Crippen LogP contribution < -0.4 is 5.32 Å². The number of ether oxygens (including phenoxy) is 1. The van der Waals surface area contributed by atoms with E-state index in [1.54, 1.807) is 4.68 Å². The molecule has 0 radical (unpaired) electrons. The van der Waals surface area contributed by atoms with E-state index in [0.717, 1.165) is 42.9 Å². The van der Waals surface area contributed by atoms with Gasteiger partial charge in [0.1, 0.15) is 0 Å². The molecule has 1 saturated heterocycles. The van der Waals surface area contributed by atoms with Gasteiger partial charge in [-0.3, -0.25) is 4.68 Å². The minimum Gasteiger partial charge on any atom is -0.381 e. The van der Waals surface area contributed by atoms with E-state index in [0.29, 0.717) is 12.0 Å². The first-order valence-electron chi connectivity index (χ1n) is 6.89. The lowest BCUT2D eigenvalue weighted by Crippen LogP contribution is -2.28. The van der Waals surface area contributed by atoms with Gasteiger partial charge >= 0.3 is 0 Å². The van der Waals surface area contributed by atoms with E-state index in [1.165, 1.54) is 0 Å². The monoisotopic (exact) mass is 273 g/mol. The summed E-state index contributed by atoms with van der Waals surface area (Å²) in [6.07, 6.45) is 7.65. The smallest absolute Gasteiger partial charge is 0.223 e. The summed E-state index contributed by atoms with van der Waals surface area (Å²) in [5.74, 6) is 0.682. The molecule has 1 aliphatic rings. The van der Waals surface area contributed by atoms with E-state index in [1.807, 2.05) is 32.6 Å². The van der Waals surface area contributed by atoms with E-state index >= 15 is 0 Å². The molecule has 106 valence electrons. The molecule has 6 heteroatoms. The van der Waals surface area contributed by atoms with Crippen molar-refractivity contribution in [2.45, 2.75) is 25.8 Å². The maximum Gasteiger partial charge on any atom is 0.223 e. The lowest BCUT2D eigenvalue weighted by atomic mass is 10.1. The average Bonchev–Trinajstić information content (AvgIpc) is 2.89. The lowest BCUT2D eigenvalue weighted by molar-refractivity contribution is 0.0903. The summed E-state index contributed by atoms with van der Waals surface area (Å²) in [5, 5.41) is 7.59. The van der Waals surface area contributed by atoms with Crippen molar-refractivity contribution in [3.05, 3.63) is 24.2 Å². The van der Waals surface area contributed by atoms with Gasteiger partial charge in [-0.05, 0) is 25.3 Å². The Morgan fingerprint density at radius 2 is 2.10 bits per heavy atom. The van der Waals surface area contributed by atoms with Crippen LogP contribution in [0.3, 0.4) is 0 Å². The Kier molecular flexibility index (Phi) is 3.64. The van der Waals surface area contributed by atoms with Gasteiger partial charge < -0.3 is 10.1 Å². The normalized spacial score (nSPS) is 16.3. The maximum absolute atomic E-state index is 5.36. The Labute approximate surface area is 118 Å². The third-order valence-corrected chi connectivity index (χ3v) is 3.50. The Bertz CT molecular complexity index is 589. The molecule has 6 nitrogen and oxygen atoms in total. The van der Waals surface area contributed by atoms with E-state index in [2.05, 4.69) is 20.4 Å². The van der Waals surface area contributed by atoms with Gasteiger partial charge in [-0.2, -0.15) is 5.10 Å². The van der Waals surface area contributed by atoms with Crippen LogP contribution in [0.4, 0.5) is 5.95 Å². The summed E-state index contributed by atoms with van der Waals surface area (Å²) in [6, 6.07) is 0.396. The second kappa shape index (κ2) is 5.58. The van der Waals surface area contributed by atoms with Crippen molar-refractivity contribution in [3.63, 3.8) is 0 Å². The summed E-state index contributed by atoms with van der Waals surface area (Å²) >= 11 is 0. The van der Waals surface area contributed by atoms with Crippen molar-refractivity contribution < 1.29 is 4.74 Å². The van der Waals surface area contributed by atoms with Crippen LogP contribution in [-0.2, 0) is 11.8 Å². The van der Waals surface area contributed by atoms with Gasteiger partial charge in [0, 0.05) is 44.3 Å². The zero-order chi connectivity index (χ0) is 13.9. The van der Waals surface area contributed by atoms with Crippen LogP contribution in [0.25, 0.3) is 11.3 Å². The topological polar surface area (TPSA) is 64.9 Å². The van der Waals surface area contributed by atoms with Crippen LogP contribution in [0.1, 0.15) is 18.4 Å². The average molecular weight is 273 g/mol. The van der Waals surface area contributed by atoms with Gasteiger partial charge in [0.25, 0.3) is 0 Å². The first-order chi connectivity index (χ1) is 9.72. The minimum atomic E-state index is 0.396. The molecule has 3 heterocycles. The summed E-state index contributed by atoms with van der Waals surface area (Å²) < 4.78 is 7.14. The summed E-state index contributed by atoms with van der Waals surface area (Å²) in [4.78, 5) is 9.01. The molecule has 0 unspecified atom stereocenters. The predicted molar refractivity (Wildman–Crippen MR) is 76.4 cm³/mol. The molecule has 2 aromatic rings. The molecule has 0 amide bonds. The van der Waals surface area contributed by atoms with Crippen LogP contribution in [0.5, 0.6) is 0 Å². The standard InChI is InChI=1S/C14H19N5O/c1-10-7-15-14(17-12-3-5-20-6-4-12)18-13(10)11-8-16-19(2)9-11/h7-9,12H,3-6H2,1-2H3,(H,15,17,18). The molecule has 0 aliphatic carbocycles. The third kappa shape index (κ3) is 2.80. The van der Waals surface area contributed by atoms with Crippen molar-refractivity contribution in [2.24, 2.45) is 7.05 Å². The van der Waals surface area contributed by atoms with Gasteiger partial charge in [0.05, 0.1) is 11.9 Å². The lowest BCUT2D eigenvalue weighted by Gasteiger charge is -2.23. The molecule has 1 aliphatic heterocycles. The molecule has 2 aromatic heterocycles. The number of hydrogen-bond acceptors (Lipinski definition) is 5. The fourth-order valence-corrected chi connectivity index (χ4v) is 2.37. The Morgan fingerprint density at radius 3 is 2.80 bits per heavy atom. The van der Waals surface area contributed by atoms with Crippen LogP contribution in [0.2, 0.25) is 0 Å². The van der Waals surface area contributed by atoms with E-state index in [4.69, 9.17) is 4.74 Å². The quantitative estimate of drug-likeness (QED) is 0.923. The SMILES string of the molecule is Cc1cnc(NC2CCOCC2)nc1-c1cnn(C)c1. The molecule has 0 bridgehead atoms. The van der Waals surface area contributed by atoms with Crippen LogP contribution in [0.15, 0.2) is 18.6 Å². The van der Waals surface area contributed by atoms with Crippen LogP contribution in [0, 0.1) is 6.92 Å². The molecule has 20 heavy (non-hydrogen) atoms. The molecule has 1 N–H and O–H groups in total. The Balaban J connectivity index is 1.82. The van der Waals surface area contributed by atoms with E-state index in [-0.39, 0.29) is 0 Å². The van der Waals surface area contributed by atoms with E-state index < -0.39 is 0 Å². The van der Waals surface area contributed by atoms with Crippen LogP contribution >= 0.6 is 0 Å². The molecule has 0 aromatic carbocycles. The highest BCUT2D eigenvalue weighted by Gasteiger charge is 2.15. The molecule has 0 atom stereocenters. The van der Waals surface area contributed by atoms with Crippen molar-refractivity contribution in [2.75, 3.05) is 18.5 Å². The highest BCUT2D eigenvalue weighted by atomic mass is 16.5. The van der Waals surface area contributed by atoms with Gasteiger partial charge in [-0.15, -0.1) is 0 Å². The van der Waals surface area contributed by atoms with Crippen molar-refractivity contribution in [3.8, 4) is 11.3 Å². The number of aromatic nitrogens is 4. The number of aryl methyl sites for hydroxylation is 2. The maximum atomic E-state index is 5.36. The number of nitrogens with one attached hydrogen (secondary N) is 1. The molecule has 0 spiro atoms. The second-order valence-electron chi connectivity index (χ2n) is 5.16. The molecule has 1 fully saturated rings. The Hall–Kier alpha value is -1.95. The Morgan fingerprint density at radius 1 is 1.30 bits per heavy atom. The largest absolute Gasteiger partial charge is 0.381 e. The fraction of sp³-hybridized carbons (Fsp3) is 0.500. The van der Waals surface area contributed by atoms with Gasteiger partial charge in [-0.25, -0.2) is 9.97 Å². The van der Waals surface area contributed by atoms with Gasteiger partial charge in [0.15, 0.2) is 0 Å². The van der Waals surface area contributed by atoms with E-state index in [9.17, 15) is 0 Å². The summed E-state index contributed by atoms with van der Waals surface area (Å²) in [5.41, 5.74) is 3.00. The highest BCUT2D eigenvalue weighted by molar-refractivity contribution is 5.62. The predicted octanol–water partition coefficient (Wildman–Crippen LogP) is 1.78. The van der Waals surface area contributed by atoms with Crippen molar-refractivity contribution in [1.29, 1.82) is 0 Å². The highest BCUT2D eigenvalue weighted by Crippen LogP contribution is 2.21. The zero-order valence-electron chi connectivity index (χ0n) is 11.8. The molecular formula is C14H19N5O. The molecular weight excluding hydrogens is 254 g/mol. The van der Waals surface area contributed by atoms with Gasteiger partial charge in [0.2, 0.25) is 5.95 Å². The first kappa shape index (κ1) is 13.1. The fourth-order valence-electron chi connectivity index (χ4n) is 2.37.